The number of Topliss-reactive ketones (excluding diaryl/α,β-unsaturated/α-hetero) is 1. The highest BCUT2D eigenvalue weighted by atomic mass is 16.5. The Morgan fingerprint density at radius 2 is 1.44 bits per heavy atom. The first-order chi connectivity index (χ1) is 25.7. The Morgan fingerprint density at radius 1 is 0.796 bits per heavy atom. The molecule has 1 aliphatic rings. The van der Waals surface area contributed by atoms with Crippen molar-refractivity contribution in [3.63, 3.8) is 0 Å². The summed E-state index contributed by atoms with van der Waals surface area (Å²) in [4.78, 5) is 66.1. The molecule has 286 valence electrons. The van der Waals surface area contributed by atoms with Crippen molar-refractivity contribution in [2.75, 3.05) is 11.4 Å². The minimum absolute atomic E-state index is 0.0525. The molecule has 2 atom stereocenters. The second-order valence-corrected chi connectivity index (χ2v) is 15.7. The fraction of sp³-hybridized carbons (Fsp3) is 0.444. The second-order valence-electron chi connectivity index (χ2n) is 15.7. The molecule has 1 heterocycles. The fourth-order valence-corrected chi connectivity index (χ4v) is 6.22. The third kappa shape index (κ3) is 13.0. The van der Waals surface area contributed by atoms with E-state index in [0.29, 0.717) is 19.4 Å². The average molecular weight is 734 g/mol. The number of nitrogens with one attached hydrogen (secondary N) is 2. The number of para-hydroxylation sites is 1. The highest BCUT2D eigenvalue weighted by Gasteiger charge is 2.26. The molecule has 0 radical (unpaired) electrons. The Kier molecular flexibility index (Phi) is 15.2. The highest BCUT2D eigenvalue weighted by Crippen LogP contribution is 2.26. The minimum atomic E-state index is -0.641. The number of amides is 3. The summed E-state index contributed by atoms with van der Waals surface area (Å²) in [6.45, 7) is 12.8. The number of carbonyl (C=O) groups excluding carboxylic acids is 5. The summed E-state index contributed by atoms with van der Waals surface area (Å²) in [6.07, 6.45) is 2.06. The average Bonchev–Trinajstić information content (AvgIpc) is 3.12. The molecule has 0 saturated heterocycles. The number of anilines is 1. The van der Waals surface area contributed by atoms with E-state index in [1.54, 1.807) is 4.90 Å². The Bertz CT molecular complexity index is 1850. The zero-order valence-electron chi connectivity index (χ0n) is 32.6. The van der Waals surface area contributed by atoms with Crippen molar-refractivity contribution in [2.24, 2.45) is 11.3 Å². The van der Waals surface area contributed by atoms with Gasteiger partial charge >= 0.3 is 5.97 Å². The molecule has 0 fully saturated rings. The van der Waals surface area contributed by atoms with Gasteiger partial charge in [0.1, 0.15) is 6.61 Å². The van der Waals surface area contributed by atoms with E-state index < -0.39 is 6.04 Å². The Balaban J connectivity index is 1.18. The number of carbonyl (C=O) groups is 5. The monoisotopic (exact) mass is 733 g/mol. The van der Waals surface area contributed by atoms with E-state index in [2.05, 4.69) is 43.2 Å². The van der Waals surface area contributed by atoms with E-state index in [0.717, 1.165) is 39.9 Å². The van der Waals surface area contributed by atoms with Crippen LogP contribution in [0.5, 0.6) is 0 Å². The molecule has 0 unspecified atom stereocenters. The van der Waals surface area contributed by atoms with E-state index in [1.807, 2.05) is 93.6 Å². The predicted molar refractivity (Wildman–Crippen MR) is 211 cm³/mol. The summed E-state index contributed by atoms with van der Waals surface area (Å²) in [5, 5.41) is 5.71. The van der Waals surface area contributed by atoms with Crippen molar-refractivity contribution >= 4 is 35.2 Å². The highest BCUT2D eigenvalue weighted by molar-refractivity contribution is 5.95. The van der Waals surface area contributed by atoms with Crippen molar-refractivity contribution in [1.29, 1.82) is 0 Å². The third-order valence-electron chi connectivity index (χ3n) is 9.51. The second kappa shape index (κ2) is 19.7. The number of ether oxygens (including phenoxy) is 1. The zero-order valence-corrected chi connectivity index (χ0v) is 32.6. The summed E-state index contributed by atoms with van der Waals surface area (Å²) in [5.74, 6) is 5.31. The summed E-state index contributed by atoms with van der Waals surface area (Å²) < 4.78 is 5.42. The molecule has 0 spiro atoms. The van der Waals surface area contributed by atoms with Crippen molar-refractivity contribution in [1.82, 2.24) is 10.6 Å². The van der Waals surface area contributed by atoms with E-state index in [1.165, 1.54) is 0 Å². The zero-order chi connectivity index (χ0) is 39.3. The third-order valence-corrected chi connectivity index (χ3v) is 9.51. The standard InChI is InChI=1S/C45H55N3O6/c1-31(2)44(39(49)28-32(3)34-20-18-33(19-21-34)30-54-43(53)24-26-45(4,5)6)47-41(51)17-11-16-40(50)46-27-25-42(52)48-29-37-14-8-7-12-35(37)22-23-36-13-9-10-15-38(36)48/h7-10,12-15,18-21,31-32,44H,11,16-17,24-30H2,1-6H3,(H,46,50)(H,47,51)/t32-,44+/m1/s1. The van der Waals surface area contributed by atoms with Gasteiger partial charge in [0.15, 0.2) is 5.78 Å². The fourth-order valence-electron chi connectivity index (χ4n) is 6.22. The molecule has 0 aliphatic carbocycles. The first-order valence-electron chi connectivity index (χ1n) is 19.0. The Hall–Kier alpha value is -5.23. The number of rotatable bonds is 17. The molecule has 0 saturated carbocycles. The normalized spacial score (nSPS) is 13.2. The SMILES string of the molecule is CC(C)[C@H](NC(=O)CCCC(=O)NCCC(=O)N1Cc2ccccc2C#Cc2ccccc21)C(=O)C[C@@H](C)c1ccc(COC(=O)CCC(C)(C)C)cc1. The van der Waals surface area contributed by atoms with Gasteiger partial charge < -0.3 is 20.3 Å². The Labute approximate surface area is 320 Å². The number of ketones is 1. The summed E-state index contributed by atoms with van der Waals surface area (Å²) >= 11 is 0. The summed E-state index contributed by atoms with van der Waals surface area (Å²) in [7, 11) is 0. The molecule has 4 rings (SSSR count). The minimum Gasteiger partial charge on any atom is -0.461 e. The number of fused-ring (bicyclic) bond motifs is 2. The van der Waals surface area contributed by atoms with Crippen LogP contribution in [-0.4, -0.2) is 42.1 Å². The molecular formula is C45H55N3O6. The van der Waals surface area contributed by atoms with Crippen molar-refractivity contribution in [3.05, 3.63) is 101 Å². The number of hydrogen-bond acceptors (Lipinski definition) is 6. The van der Waals surface area contributed by atoms with Gasteiger partial charge in [0.2, 0.25) is 17.7 Å². The summed E-state index contributed by atoms with van der Waals surface area (Å²) in [6, 6.07) is 22.4. The summed E-state index contributed by atoms with van der Waals surface area (Å²) in [5.41, 5.74) is 5.29. The molecule has 2 N–H and O–H groups in total. The molecule has 9 nitrogen and oxygen atoms in total. The molecule has 3 aromatic carbocycles. The molecular weight excluding hydrogens is 679 g/mol. The number of benzene rings is 3. The maximum absolute atomic E-state index is 13.4. The van der Waals surface area contributed by atoms with Crippen molar-refractivity contribution in [2.45, 2.75) is 112 Å². The molecule has 0 bridgehead atoms. The molecule has 3 amide bonds. The first kappa shape index (κ1) is 41.5. The lowest BCUT2D eigenvalue weighted by Crippen LogP contribution is -2.44. The largest absolute Gasteiger partial charge is 0.461 e. The van der Waals surface area contributed by atoms with E-state index >= 15 is 0 Å². The van der Waals surface area contributed by atoms with Crippen LogP contribution in [-0.2, 0) is 41.9 Å². The van der Waals surface area contributed by atoms with Gasteiger partial charge in [-0.2, -0.15) is 0 Å². The van der Waals surface area contributed by atoms with Crippen molar-refractivity contribution in [3.8, 4) is 11.8 Å². The topological polar surface area (TPSA) is 122 Å². The van der Waals surface area contributed by atoms with Crippen LogP contribution >= 0.6 is 0 Å². The van der Waals surface area contributed by atoms with Gasteiger partial charge in [-0.15, -0.1) is 0 Å². The lowest BCUT2D eigenvalue weighted by molar-refractivity contribution is -0.145. The predicted octanol–water partition coefficient (Wildman–Crippen LogP) is 7.38. The maximum atomic E-state index is 13.4. The quantitative estimate of drug-likeness (QED) is 0.110. The first-order valence-corrected chi connectivity index (χ1v) is 19.0. The molecule has 9 heteroatoms. The van der Waals surface area contributed by atoms with Gasteiger partial charge in [-0.25, -0.2) is 0 Å². The van der Waals surface area contributed by atoms with Gasteiger partial charge in [-0.05, 0) is 65.0 Å². The van der Waals surface area contributed by atoms with E-state index in [4.69, 9.17) is 4.74 Å². The number of hydrogen-bond donors (Lipinski definition) is 2. The van der Waals surface area contributed by atoms with Crippen LogP contribution in [0.4, 0.5) is 5.69 Å². The van der Waals surface area contributed by atoms with Gasteiger partial charge in [-0.1, -0.05) is 108 Å². The maximum Gasteiger partial charge on any atom is 0.306 e. The van der Waals surface area contributed by atoms with Crippen LogP contribution in [0.15, 0.2) is 72.8 Å². The van der Waals surface area contributed by atoms with Crippen molar-refractivity contribution < 1.29 is 28.7 Å². The van der Waals surface area contributed by atoms with E-state index in [-0.39, 0.29) is 85.6 Å². The van der Waals surface area contributed by atoms with Gasteiger partial charge in [0.25, 0.3) is 0 Å². The van der Waals surface area contributed by atoms with Crippen LogP contribution in [0.2, 0.25) is 0 Å². The smallest absolute Gasteiger partial charge is 0.306 e. The van der Waals surface area contributed by atoms with Crippen LogP contribution in [0, 0.1) is 23.2 Å². The molecule has 3 aromatic rings. The van der Waals surface area contributed by atoms with Gasteiger partial charge in [-0.3, -0.25) is 24.0 Å². The number of esters is 1. The van der Waals surface area contributed by atoms with E-state index in [9.17, 15) is 24.0 Å². The van der Waals surface area contributed by atoms with Crippen LogP contribution in [0.1, 0.15) is 120 Å². The lowest BCUT2D eigenvalue weighted by atomic mass is 9.89. The van der Waals surface area contributed by atoms with Crippen LogP contribution in [0.25, 0.3) is 0 Å². The van der Waals surface area contributed by atoms with Gasteiger partial charge in [0, 0.05) is 49.8 Å². The number of nitrogens with zero attached hydrogens (tertiary/aromatic N) is 1. The molecule has 1 aliphatic heterocycles. The lowest BCUT2D eigenvalue weighted by Gasteiger charge is -2.26. The molecule has 54 heavy (non-hydrogen) atoms. The van der Waals surface area contributed by atoms with Gasteiger partial charge in [0.05, 0.1) is 18.3 Å². The molecule has 0 aromatic heterocycles. The van der Waals surface area contributed by atoms with Crippen LogP contribution < -0.4 is 15.5 Å². The Morgan fingerprint density at radius 3 is 2.15 bits per heavy atom. The van der Waals surface area contributed by atoms with Crippen LogP contribution in [0.3, 0.4) is 0 Å².